The van der Waals surface area contributed by atoms with Crippen molar-refractivity contribution < 1.29 is 19.8 Å². The number of nitrogens with zero attached hydrogens (tertiary/aromatic N) is 2. The molecule has 0 heterocycles. The summed E-state index contributed by atoms with van der Waals surface area (Å²) in [5, 5.41) is 22.0. The minimum atomic E-state index is -0.945. The van der Waals surface area contributed by atoms with Gasteiger partial charge in [-0.2, -0.15) is 0 Å². The van der Waals surface area contributed by atoms with Crippen molar-refractivity contribution in [2.24, 2.45) is 0 Å². The van der Waals surface area contributed by atoms with E-state index in [0.717, 1.165) is 51.9 Å². The van der Waals surface area contributed by atoms with Gasteiger partial charge in [-0.1, -0.05) is 179 Å². The number of aliphatic carboxylic acids is 2. The molecule has 0 aromatic carbocycles. The first-order valence-electron chi connectivity index (χ1n) is 24.8. The summed E-state index contributed by atoms with van der Waals surface area (Å²) in [5.74, 6) is -1.89. The Morgan fingerprint density at radius 2 is 0.508 bits per heavy atom. The van der Waals surface area contributed by atoms with Gasteiger partial charge in [-0.15, -0.1) is 0 Å². The fraction of sp³-hybridized carbons (Fsp3) is 0.808. The van der Waals surface area contributed by atoms with Gasteiger partial charge in [0.2, 0.25) is 0 Å². The molecule has 0 radical (unpaired) electrons. The van der Waals surface area contributed by atoms with E-state index in [-0.39, 0.29) is 50.8 Å². The van der Waals surface area contributed by atoms with Crippen molar-refractivity contribution in [3.8, 4) is 0 Å². The van der Waals surface area contributed by atoms with Crippen molar-refractivity contribution in [3.63, 3.8) is 0 Å². The normalized spacial score (nSPS) is 11.8. The van der Waals surface area contributed by atoms with E-state index in [4.69, 9.17) is 0 Å². The van der Waals surface area contributed by atoms with Gasteiger partial charge in [-0.05, 0) is 129 Å². The van der Waals surface area contributed by atoms with Crippen LogP contribution in [0.5, 0.6) is 0 Å². The second-order valence-electron chi connectivity index (χ2n) is 16.6. The summed E-state index contributed by atoms with van der Waals surface area (Å²) in [7, 11) is 0. The molecule has 0 fully saturated rings. The van der Waals surface area contributed by atoms with Gasteiger partial charge in [0.1, 0.15) is 0 Å². The summed E-state index contributed by atoms with van der Waals surface area (Å²) in [4.78, 5) is 26.2. The number of hydrogen-bond acceptors (Lipinski definition) is 6. The van der Waals surface area contributed by atoms with E-state index in [1.165, 1.54) is 180 Å². The van der Waals surface area contributed by atoms with Crippen LogP contribution >= 0.6 is 0 Å². The van der Waals surface area contributed by atoms with Crippen LogP contribution in [0.4, 0.5) is 0 Å². The van der Waals surface area contributed by atoms with Crippen LogP contribution in [0, 0.1) is 0 Å². The van der Waals surface area contributed by atoms with E-state index in [2.05, 4.69) is 86.1 Å². The zero-order valence-electron chi connectivity index (χ0n) is 39.7. The van der Waals surface area contributed by atoms with Gasteiger partial charge >= 0.3 is 37.7 Å². The second-order valence-corrected chi connectivity index (χ2v) is 16.6. The largest absolute Gasteiger partial charge is 2.00 e. The van der Waals surface area contributed by atoms with Crippen molar-refractivity contribution in [3.05, 3.63) is 48.6 Å². The molecule has 0 aliphatic rings. The van der Waals surface area contributed by atoms with Gasteiger partial charge in [0.05, 0.1) is 11.9 Å². The zero-order valence-corrected chi connectivity index (χ0v) is 41.9. The van der Waals surface area contributed by atoms with Crippen molar-refractivity contribution in [2.45, 2.75) is 233 Å². The second kappa shape index (κ2) is 55.1. The average molecular weight is 853 g/mol. The number of carboxylic acid groups (broad SMARTS) is 2. The molecule has 0 aliphatic heterocycles. The molecule has 0 saturated carbocycles. The molecule has 0 aromatic heterocycles. The zero-order chi connectivity index (χ0) is 42.8. The van der Waals surface area contributed by atoms with Crippen molar-refractivity contribution >= 4 is 49.7 Å². The first kappa shape index (κ1) is 62.4. The Hall–Kier alpha value is -0.920. The number of carboxylic acids is 2. The topological polar surface area (TPSA) is 86.7 Å². The van der Waals surface area contributed by atoms with Crippen LogP contribution in [0.25, 0.3) is 0 Å². The monoisotopic (exact) mass is 853 g/mol. The standard InChI is InChI=1S/2C26H49NO2.Ca/c2*1-3-5-7-9-11-13-15-17-19-21-23-27(25-26(28)29)24-22-20-18-16-14-12-10-8-6-4-2;/h2*9-12H,3-8,13-25H2,1-2H3,(H,28,29);/q;;+2/p-2/b2*11-9+,12-10+;. The Bertz CT molecular complexity index is 830. The van der Waals surface area contributed by atoms with E-state index < -0.39 is 11.9 Å². The van der Waals surface area contributed by atoms with E-state index in [1.807, 2.05) is 0 Å². The Morgan fingerprint density at radius 1 is 0.322 bits per heavy atom. The molecule has 6 nitrogen and oxygen atoms in total. The molecule has 0 amide bonds. The molecule has 0 unspecified atom stereocenters. The third-order valence-electron chi connectivity index (χ3n) is 10.6. The Kier molecular flexibility index (Phi) is 58.2. The SMILES string of the molecule is CCCC/C=C/CCCCCCN(CCCCCC/C=C/CCCC)CC(=O)[O-].CCCC/C=C/CCCCCCN(CCCCCC/C=C/CCCC)CC(=O)[O-].[Ca+2]. The average Bonchev–Trinajstić information content (AvgIpc) is 3.20. The quantitative estimate of drug-likeness (QED) is 0.0345. The maximum Gasteiger partial charge on any atom is 2.00 e. The molecule has 7 heteroatoms. The van der Waals surface area contributed by atoms with Gasteiger partial charge in [-0.3, -0.25) is 9.80 Å². The summed E-state index contributed by atoms with van der Waals surface area (Å²) in [6.07, 6.45) is 57.4. The first-order chi connectivity index (χ1) is 28.4. The van der Waals surface area contributed by atoms with Crippen LogP contribution in [-0.4, -0.2) is 98.7 Å². The minimum Gasteiger partial charge on any atom is -0.549 e. The van der Waals surface area contributed by atoms with Crippen LogP contribution < -0.4 is 10.2 Å². The van der Waals surface area contributed by atoms with Crippen molar-refractivity contribution in [1.29, 1.82) is 0 Å². The summed E-state index contributed by atoms with van der Waals surface area (Å²) >= 11 is 0. The maximum atomic E-state index is 11.0. The van der Waals surface area contributed by atoms with E-state index >= 15 is 0 Å². The van der Waals surface area contributed by atoms with Crippen molar-refractivity contribution in [2.75, 3.05) is 39.3 Å². The molecule has 0 aliphatic carbocycles. The number of carbonyl (C=O) groups is 2. The van der Waals surface area contributed by atoms with Gasteiger partial charge in [0.25, 0.3) is 0 Å². The molecule has 0 saturated heterocycles. The van der Waals surface area contributed by atoms with E-state index in [1.54, 1.807) is 0 Å². The number of hydrogen-bond donors (Lipinski definition) is 0. The molecule has 0 bridgehead atoms. The molecule has 0 atom stereocenters. The number of allylic oxidation sites excluding steroid dienone is 8. The molecule has 0 aromatic rings. The summed E-state index contributed by atoms with van der Waals surface area (Å²) in [6.45, 7) is 12.6. The van der Waals surface area contributed by atoms with E-state index in [0.29, 0.717) is 0 Å². The predicted molar refractivity (Wildman–Crippen MR) is 256 cm³/mol. The van der Waals surface area contributed by atoms with Gasteiger partial charge in [0, 0.05) is 13.1 Å². The smallest absolute Gasteiger partial charge is 0.549 e. The number of unbranched alkanes of at least 4 members (excludes halogenated alkanes) is 24. The fourth-order valence-corrected chi connectivity index (χ4v) is 6.94. The third kappa shape index (κ3) is 57.1. The molecule has 0 spiro atoms. The fourth-order valence-electron chi connectivity index (χ4n) is 6.94. The van der Waals surface area contributed by atoms with Crippen LogP contribution in [0.3, 0.4) is 0 Å². The molecule has 0 rings (SSSR count). The van der Waals surface area contributed by atoms with Gasteiger partial charge in [0.15, 0.2) is 0 Å². The Labute approximate surface area is 397 Å². The van der Waals surface area contributed by atoms with Crippen molar-refractivity contribution in [1.82, 2.24) is 9.80 Å². The predicted octanol–water partition coefficient (Wildman–Crippen LogP) is 12.5. The molecular formula is C52H96CaN2O4. The summed E-state index contributed by atoms with van der Waals surface area (Å²) < 4.78 is 0. The summed E-state index contributed by atoms with van der Waals surface area (Å²) in [5.41, 5.74) is 0. The van der Waals surface area contributed by atoms with Gasteiger partial charge < -0.3 is 19.8 Å². The number of rotatable bonds is 44. The summed E-state index contributed by atoms with van der Waals surface area (Å²) in [6, 6.07) is 0. The molecule has 340 valence electrons. The molecular weight excluding hydrogens is 757 g/mol. The molecule has 0 N–H and O–H groups in total. The Balaban J connectivity index is -0.00000105. The molecule has 59 heavy (non-hydrogen) atoms. The number of carbonyl (C=O) groups excluding carboxylic acids is 2. The maximum absolute atomic E-state index is 11.0. The van der Waals surface area contributed by atoms with E-state index in [9.17, 15) is 19.8 Å². The third-order valence-corrected chi connectivity index (χ3v) is 10.6. The van der Waals surface area contributed by atoms with Crippen LogP contribution in [-0.2, 0) is 9.59 Å². The first-order valence-corrected chi connectivity index (χ1v) is 24.8. The van der Waals surface area contributed by atoms with Crippen LogP contribution in [0.1, 0.15) is 233 Å². The van der Waals surface area contributed by atoms with Gasteiger partial charge in [-0.25, -0.2) is 0 Å². The van der Waals surface area contributed by atoms with Crippen LogP contribution in [0.15, 0.2) is 48.6 Å². The minimum absolute atomic E-state index is 0. The Morgan fingerprint density at radius 3 is 0.695 bits per heavy atom. The van der Waals surface area contributed by atoms with Crippen LogP contribution in [0.2, 0.25) is 0 Å².